The number of ketones is 2. The molecule has 2 aliphatic carbocycles. The Morgan fingerprint density at radius 3 is 2.28 bits per heavy atom. The van der Waals surface area contributed by atoms with Crippen LogP contribution in [0.4, 0.5) is 0 Å². The standard InChI is InChI=1S/C23H23BrO5/c1-3-10-28-23-14(24)11-13(12-19(23)27-2)20-21-15(25)6-4-8-17(21)29-18-9-5-7-16(26)22(18)20/h3,11-12,20H,1,4-10H2,2H3. The van der Waals surface area contributed by atoms with E-state index < -0.39 is 5.92 Å². The minimum atomic E-state index is -0.423. The van der Waals surface area contributed by atoms with Crippen LogP contribution in [0.1, 0.15) is 50.0 Å². The molecule has 152 valence electrons. The van der Waals surface area contributed by atoms with Crippen molar-refractivity contribution in [3.63, 3.8) is 0 Å². The van der Waals surface area contributed by atoms with Gasteiger partial charge in [-0.05, 0) is 46.5 Å². The minimum Gasteiger partial charge on any atom is -0.493 e. The number of hydrogen-bond acceptors (Lipinski definition) is 5. The number of carbonyl (C=O) groups excluding carboxylic acids is 2. The summed E-state index contributed by atoms with van der Waals surface area (Å²) in [5, 5.41) is 0. The highest BCUT2D eigenvalue weighted by molar-refractivity contribution is 9.10. The Hall–Kier alpha value is -2.34. The van der Waals surface area contributed by atoms with Gasteiger partial charge in [-0.2, -0.15) is 0 Å². The number of halogens is 1. The second kappa shape index (κ2) is 8.19. The molecule has 0 saturated heterocycles. The van der Waals surface area contributed by atoms with Crippen LogP contribution in [0.3, 0.4) is 0 Å². The van der Waals surface area contributed by atoms with Gasteiger partial charge in [-0.1, -0.05) is 12.7 Å². The summed E-state index contributed by atoms with van der Waals surface area (Å²) in [6, 6.07) is 3.77. The van der Waals surface area contributed by atoms with E-state index in [1.165, 1.54) is 0 Å². The lowest BCUT2D eigenvalue weighted by Crippen LogP contribution is -2.30. The van der Waals surface area contributed by atoms with Crippen LogP contribution in [0.25, 0.3) is 0 Å². The predicted molar refractivity (Wildman–Crippen MR) is 112 cm³/mol. The van der Waals surface area contributed by atoms with Crippen molar-refractivity contribution in [1.82, 2.24) is 0 Å². The smallest absolute Gasteiger partial charge is 0.175 e. The van der Waals surface area contributed by atoms with Gasteiger partial charge in [0.25, 0.3) is 0 Å². The van der Waals surface area contributed by atoms with Crippen LogP contribution in [0.5, 0.6) is 11.5 Å². The van der Waals surface area contributed by atoms with Crippen molar-refractivity contribution >= 4 is 27.5 Å². The summed E-state index contributed by atoms with van der Waals surface area (Å²) in [4.78, 5) is 25.8. The van der Waals surface area contributed by atoms with Crippen LogP contribution >= 0.6 is 15.9 Å². The van der Waals surface area contributed by atoms with Gasteiger partial charge in [-0.3, -0.25) is 9.59 Å². The molecule has 0 bridgehead atoms. The van der Waals surface area contributed by atoms with Gasteiger partial charge < -0.3 is 14.2 Å². The Kier molecular flexibility index (Phi) is 5.63. The SMILES string of the molecule is C=CCOc1c(Br)cc(C2C3=C(CCCC3=O)OC3=C2C(=O)CCC3)cc1OC. The molecular formula is C23H23BrO5. The Morgan fingerprint density at radius 1 is 1.10 bits per heavy atom. The van der Waals surface area contributed by atoms with Crippen molar-refractivity contribution in [3.8, 4) is 11.5 Å². The van der Waals surface area contributed by atoms with Crippen LogP contribution < -0.4 is 9.47 Å². The van der Waals surface area contributed by atoms with Crippen molar-refractivity contribution in [2.24, 2.45) is 0 Å². The maximum absolute atomic E-state index is 12.9. The molecule has 0 aromatic heterocycles. The maximum Gasteiger partial charge on any atom is 0.175 e. The van der Waals surface area contributed by atoms with E-state index in [4.69, 9.17) is 14.2 Å². The third-order valence-corrected chi connectivity index (χ3v) is 6.16. The van der Waals surface area contributed by atoms with Crippen molar-refractivity contribution in [1.29, 1.82) is 0 Å². The van der Waals surface area contributed by atoms with Crippen molar-refractivity contribution < 1.29 is 23.8 Å². The van der Waals surface area contributed by atoms with E-state index in [2.05, 4.69) is 22.5 Å². The lowest BCUT2D eigenvalue weighted by atomic mass is 9.73. The third-order valence-electron chi connectivity index (χ3n) is 5.57. The van der Waals surface area contributed by atoms with Gasteiger partial charge in [0.1, 0.15) is 18.1 Å². The van der Waals surface area contributed by atoms with Crippen LogP contribution in [-0.4, -0.2) is 25.3 Å². The Labute approximate surface area is 178 Å². The second-order valence-electron chi connectivity index (χ2n) is 7.40. The first kappa shape index (κ1) is 20.0. The average molecular weight is 459 g/mol. The third kappa shape index (κ3) is 3.54. The fourth-order valence-corrected chi connectivity index (χ4v) is 4.91. The number of benzene rings is 1. The van der Waals surface area contributed by atoms with Crippen LogP contribution in [0.2, 0.25) is 0 Å². The quantitative estimate of drug-likeness (QED) is 0.570. The van der Waals surface area contributed by atoms with E-state index >= 15 is 0 Å². The van der Waals surface area contributed by atoms with Gasteiger partial charge >= 0.3 is 0 Å². The minimum absolute atomic E-state index is 0.0586. The summed E-state index contributed by atoms with van der Waals surface area (Å²) < 4.78 is 18.1. The van der Waals surface area contributed by atoms with E-state index in [0.717, 1.165) is 42.8 Å². The molecule has 0 radical (unpaired) electrons. The highest BCUT2D eigenvalue weighted by atomic mass is 79.9. The largest absolute Gasteiger partial charge is 0.493 e. The fourth-order valence-electron chi connectivity index (χ4n) is 4.34. The number of hydrogen-bond donors (Lipinski definition) is 0. The molecular weight excluding hydrogens is 436 g/mol. The van der Waals surface area contributed by atoms with E-state index in [1.807, 2.05) is 12.1 Å². The fraction of sp³-hybridized carbons (Fsp3) is 0.391. The zero-order valence-electron chi connectivity index (χ0n) is 16.4. The molecule has 1 aliphatic heterocycles. The van der Waals surface area contributed by atoms with Gasteiger partial charge in [0.2, 0.25) is 0 Å². The zero-order valence-corrected chi connectivity index (χ0v) is 18.0. The normalized spacial score (nSPS) is 19.5. The highest BCUT2D eigenvalue weighted by Gasteiger charge is 2.42. The first-order valence-electron chi connectivity index (χ1n) is 9.86. The molecule has 3 aliphatic rings. The van der Waals surface area contributed by atoms with Gasteiger partial charge in [0.15, 0.2) is 23.1 Å². The number of carbonyl (C=O) groups is 2. The van der Waals surface area contributed by atoms with E-state index in [9.17, 15) is 9.59 Å². The molecule has 1 aromatic carbocycles. The molecule has 4 rings (SSSR count). The lowest BCUT2D eigenvalue weighted by molar-refractivity contribution is -0.117. The number of ether oxygens (including phenoxy) is 3. The van der Waals surface area contributed by atoms with Crippen LogP contribution in [0.15, 0.2) is 51.9 Å². The number of Topliss-reactive ketones (excluding diaryl/α,β-unsaturated/α-hetero) is 2. The van der Waals surface area contributed by atoms with Crippen molar-refractivity contribution in [2.45, 2.75) is 44.4 Å². The van der Waals surface area contributed by atoms with E-state index in [-0.39, 0.29) is 11.6 Å². The highest BCUT2D eigenvalue weighted by Crippen LogP contribution is 2.50. The number of methoxy groups -OCH3 is 1. The molecule has 0 amide bonds. The molecule has 0 unspecified atom stereocenters. The molecule has 5 nitrogen and oxygen atoms in total. The molecule has 0 N–H and O–H groups in total. The topological polar surface area (TPSA) is 61.8 Å². The summed E-state index contributed by atoms with van der Waals surface area (Å²) in [5.41, 5.74) is 2.08. The molecule has 0 atom stereocenters. The number of allylic oxidation sites excluding steroid dienone is 4. The summed E-state index contributed by atoms with van der Waals surface area (Å²) in [6.45, 7) is 4.02. The summed E-state index contributed by atoms with van der Waals surface area (Å²) in [7, 11) is 1.57. The van der Waals surface area contributed by atoms with E-state index in [1.54, 1.807) is 13.2 Å². The van der Waals surface area contributed by atoms with Gasteiger partial charge in [-0.25, -0.2) is 0 Å². The monoisotopic (exact) mass is 458 g/mol. The predicted octanol–water partition coefficient (Wildman–Crippen LogP) is 5.15. The molecule has 1 heterocycles. The first-order chi connectivity index (χ1) is 14.0. The molecule has 29 heavy (non-hydrogen) atoms. The lowest BCUT2D eigenvalue weighted by Gasteiger charge is -2.36. The maximum atomic E-state index is 12.9. The average Bonchev–Trinajstić information content (AvgIpc) is 2.71. The van der Waals surface area contributed by atoms with Crippen LogP contribution in [-0.2, 0) is 14.3 Å². The van der Waals surface area contributed by atoms with Crippen molar-refractivity contribution in [3.05, 3.63) is 57.5 Å². The molecule has 0 spiro atoms. The Bertz CT molecular complexity index is 914. The molecule has 1 aromatic rings. The Morgan fingerprint density at radius 2 is 1.72 bits per heavy atom. The zero-order chi connectivity index (χ0) is 20.5. The summed E-state index contributed by atoms with van der Waals surface area (Å²) in [6.07, 6.45) is 5.63. The first-order valence-corrected chi connectivity index (χ1v) is 10.7. The number of rotatable bonds is 5. The second-order valence-corrected chi connectivity index (χ2v) is 8.25. The van der Waals surface area contributed by atoms with Crippen LogP contribution in [0, 0.1) is 0 Å². The Balaban J connectivity index is 1.88. The summed E-state index contributed by atoms with van der Waals surface area (Å²) in [5.74, 6) is 2.25. The van der Waals surface area contributed by atoms with Crippen molar-refractivity contribution in [2.75, 3.05) is 13.7 Å². The van der Waals surface area contributed by atoms with Gasteiger partial charge in [0.05, 0.1) is 11.6 Å². The van der Waals surface area contributed by atoms with Gasteiger partial charge in [-0.15, -0.1) is 0 Å². The van der Waals surface area contributed by atoms with E-state index in [0.29, 0.717) is 46.6 Å². The molecule has 6 heteroatoms. The van der Waals surface area contributed by atoms with Gasteiger partial charge in [0, 0.05) is 42.7 Å². The summed E-state index contributed by atoms with van der Waals surface area (Å²) >= 11 is 3.57. The molecule has 0 saturated carbocycles. The molecule has 0 fully saturated rings.